The molecule has 1 amide bonds. The Kier molecular flexibility index (Phi) is 4.11. The summed E-state index contributed by atoms with van der Waals surface area (Å²) in [5.41, 5.74) is 2.72. The number of rotatable bonds is 3. The lowest BCUT2D eigenvalue weighted by atomic mass is 10.1. The molecule has 0 aliphatic carbocycles. The summed E-state index contributed by atoms with van der Waals surface area (Å²) in [5, 5.41) is 8.85. The second-order valence-electron chi connectivity index (χ2n) is 4.43. The SMILES string of the molecule is CCc1ccc(N(C)C(=O)c2cc(C#N)ccn2)cc1. The van der Waals surface area contributed by atoms with Crippen molar-refractivity contribution in [2.45, 2.75) is 13.3 Å². The number of aryl methyl sites for hydroxylation is 1. The van der Waals surface area contributed by atoms with Crippen molar-refractivity contribution in [1.82, 2.24) is 4.98 Å². The molecule has 1 heterocycles. The van der Waals surface area contributed by atoms with E-state index in [0.717, 1.165) is 12.1 Å². The molecule has 0 aliphatic rings. The largest absolute Gasteiger partial charge is 0.310 e. The molecule has 0 aliphatic heterocycles. The zero-order chi connectivity index (χ0) is 14.5. The fraction of sp³-hybridized carbons (Fsp3) is 0.188. The van der Waals surface area contributed by atoms with Crippen LogP contribution in [-0.4, -0.2) is 17.9 Å². The van der Waals surface area contributed by atoms with Crippen molar-refractivity contribution in [3.8, 4) is 6.07 Å². The Morgan fingerprint density at radius 2 is 2.00 bits per heavy atom. The Bertz CT molecular complexity index is 656. The summed E-state index contributed by atoms with van der Waals surface area (Å²) in [6.07, 6.45) is 2.43. The average molecular weight is 265 g/mol. The number of nitriles is 1. The van der Waals surface area contributed by atoms with Gasteiger partial charge in [0.1, 0.15) is 5.69 Å². The van der Waals surface area contributed by atoms with Gasteiger partial charge in [-0.25, -0.2) is 0 Å². The maximum absolute atomic E-state index is 12.3. The summed E-state index contributed by atoms with van der Waals surface area (Å²) in [6.45, 7) is 2.08. The molecule has 0 N–H and O–H groups in total. The van der Waals surface area contributed by atoms with Crippen LogP contribution in [0.15, 0.2) is 42.6 Å². The highest BCUT2D eigenvalue weighted by Crippen LogP contribution is 2.16. The maximum atomic E-state index is 12.3. The van der Waals surface area contributed by atoms with Crippen LogP contribution in [0.4, 0.5) is 5.69 Å². The third kappa shape index (κ3) is 2.83. The van der Waals surface area contributed by atoms with E-state index in [-0.39, 0.29) is 11.6 Å². The van der Waals surface area contributed by atoms with Gasteiger partial charge in [-0.2, -0.15) is 5.26 Å². The molecule has 0 unspecified atom stereocenters. The van der Waals surface area contributed by atoms with Gasteiger partial charge in [-0.05, 0) is 36.2 Å². The lowest BCUT2D eigenvalue weighted by Crippen LogP contribution is -2.27. The van der Waals surface area contributed by atoms with Crippen LogP contribution < -0.4 is 4.90 Å². The summed E-state index contributed by atoms with van der Waals surface area (Å²) in [5.74, 6) is -0.230. The van der Waals surface area contributed by atoms with Crippen LogP contribution in [0.3, 0.4) is 0 Å². The van der Waals surface area contributed by atoms with Crippen molar-refractivity contribution in [2.75, 3.05) is 11.9 Å². The predicted octanol–water partition coefficient (Wildman–Crippen LogP) is 2.79. The lowest BCUT2D eigenvalue weighted by Gasteiger charge is -2.17. The van der Waals surface area contributed by atoms with Crippen LogP contribution in [0, 0.1) is 11.3 Å². The first-order chi connectivity index (χ1) is 9.65. The second kappa shape index (κ2) is 5.98. The Morgan fingerprint density at radius 3 is 2.60 bits per heavy atom. The predicted molar refractivity (Wildman–Crippen MR) is 77.5 cm³/mol. The Balaban J connectivity index is 2.25. The van der Waals surface area contributed by atoms with Gasteiger partial charge in [-0.15, -0.1) is 0 Å². The van der Waals surface area contributed by atoms with Crippen LogP contribution in [-0.2, 0) is 6.42 Å². The minimum atomic E-state index is -0.230. The van der Waals surface area contributed by atoms with Gasteiger partial charge in [0.25, 0.3) is 5.91 Å². The quantitative estimate of drug-likeness (QED) is 0.857. The van der Waals surface area contributed by atoms with E-state index in [2.05, 4.69) is 11.9 Å². The number of hydrogen-bond acceptors (Lipinski definition) is 3. The van der Waals surface area contributed by atoms with E-state index < -0.39 is 0 Å². The number of benzene rings is 1. The van der Waals surface area contributed by atoms with E-state index in [1.165, 1.54) is 22.7 Å². The molecular formula is C16H15N3O. The molecule has 2 rings (SSSR count). The fourth-order valence-electron chi connectivity index (χ4n) is 1.86. The number of pyridine rings is 1. The van der Waals surface area contributed by atoms with Gasteiger partial charge in [0.2, 0.25) is 0 Å². The van der Waals surface area contributed by atoms with Gasteiger partial charge in [0.05, 0.1) is 11.6 Å². The molecule has 100 valence electrons. The van der Waals surface area contributed by atoms with E-state index >= 15 is 0 Å². The molecule has 4 nitrogen and oxygen atoms in total. The molecule has 1 aromatic carbocycles. The van der Waals surface area contributed by atoms with Gasteiger partial charge in [0.15, 0.2) is 0 Å². The van der Waals surface area contributed by atoms with Crippen LogP contribution in [0.2, 0.25) is 0 Å². The van der Waals surface area contributed by atoms with Crippen molar-refractivity contribution >= 4 is 11.6 Å². The molecule has 0 saturated carbocycles. The minimum absolute atomic E-state index is 0.230. The first-order valence-electron chi connectivity index (χ1n) is 6.39. The number of carbonyl (C=O) groups is 1. The van der Waals surface area contributed by atoms with Crippen molar-refractivity contribution in [3.05, 3.63) is 59.4 Å². The van der Waals surface area contributed by atoms with Crippen LogP contribution in [0.25, 0.3) is 0 Å². The number of hydrogen-bond donors (Lipinski definition) is 0. The molecule has 0 fully saturated rings. The number of aromatic nitrogens is 1. The standard InChI is InChI=1S/C16H15N3O/c1-3-12-4-6-14(7-5-12)19(2)16(20)15-10-13(11-17)8-9-18-15/h4-10H,3H2,1-2H3. The molecule has 0 spiro atoms. The maximum Gasteiger partial charge on any atom is 0.276 e. The number of anilines is 1. The highest BCUT2D eigenvalue weighted by molar-refractivity contribution is 6.04. The van der Waals surface area contributed by atoms with E-state index in [1.807, 2.05) is 30.3 Å². The average Bonchev–Trinajstić information content (AvgIpc) is 2.53. The summed E-state index contributed by atoms with van der Waals surface area (Å²) >= 11 is 0. The monoisotopic (exact) mass is 265 g/mol. The summed E-state index contributed by atoms with van der Waals surface area (Å²) < 4.78 is 0. The van der Waals surface area contributed by atoms with Crippen molar-refractivity contribution in [1.29, 1.82) is 5.26 Å². The number of amides is 1. The zero-order valence-corrected chi connectivity index (χ0v) is 11.5. The third-order valence-corrected chi connectivity index (χ3v) is 3.14. The molecule has 2 aromatic rings. The molecule has 0 radical (unpaired) electrons. The van der Waals surface area contributed by atoms with E-state index in [9.17, 15) is 4.79 Å². The number of carbonyl (C=O) groups excluding carboxylic acids is 1. The van der Waals surface area contributed by atoms with Gasteiger partial charge >= 0.3 is 0 Å². The highest BCUT2D eigenvalue weighted by Gasteiger charge is 2.15. The summed E-state index contributed by atoms with van der Waals surface area (Å²) in [7, 11) is 1.70. The summed E-state index contributed by atoms with van der Waals surface area (Å²) in [4.78, 5) is 17.9. The Morgan fingerprint density at radius 1 is 1.30 bits per heavy atom. The number of nitrogens with zero attached hydrogens (tertiary/aromatic N) is 3. The third-order valence-electron chi connectivity index (χ3n) is 3.14. The van der Waals surface area contributed by atoms with Crippen LogP contribution in [0.5, 0.6) is 0 Å². The zero-order valence-electron chi connectivity index (χ0n) is 11.5. The van der Waals surface area contributed by atoms with Gasteiger partial charge < -0.3 is 4.90 Å². The molecule has 0 atom stereocenters. The topological polar surface area (TPSA) is 57.0 Å². The lowest BCUT2D eigenvalue weighted by molar-refractivity contribution is 0.0988. The van der Waals surface area contributed by atoms with E-state index in [4.69, 9.17) is 5.26 Å². The van der Waals surface area contributed by atoms with Crippen molar-refractivity contribution < 1.29 is 4.79 Å². The summed E-state index contributed by atoms with van der Waals surface area (Å²) in [6, 6.07) is 12.9. The molecule has 1 aromatic heterocycles. The van der Waals surface area contributed by atoms with Crippen molar-refractivity contribution in [3.63, 3.8) is 0 Å². The van der Waals surface area contributed by atoms with Crippen LogP contribution >= 0.6 is 0 Å². The molecule has 0 saturated heterocycles. The van der Waals surface area contributed by atoms with Gasteiger partial charge in [-0.1, -0.05) is 19.1 Å². The van der Waals surface area contributed by atoms with E-state index in [0.29, 0.717) is 5.56 Å². The molecule has 20 heavy (non-hydrogen) atoms. The minimum Gasteiger partial charge on any atom is -0.310 e. The Labute approximate surface area is 118 Å². The second-order valence-corrected chi connectivity index (χ2v) is 4.43. The van der Waals surface area contributed by atoms with Crippen molar-refractivity contribution in [2.24, 2.45) is 0 Å². The molecule has 4 heteroatoms. The smallest absolute Gasteiger partial charge is 0.276 e. The van der Waals surface area contributed by atoms with E-state index in [1.54, 1.807) is 13.1 Å². The first kappa shape index (κ1) is 13.8. The molecule has 0 bridgehead atoms. The van der Waals surface area contributed by atoms with Gasteiger partial charge in [0, 0.05) is 18.9 Å². The fourth-order valence-corrected chi connectivity index (χ4v) is 1.86. The first-order valence-corrected chi connectivity index (χ1v) is 6.39. The Hall–Kier alpha value is -2.67. The van der Waals surface area contributed by atoms with Crippen LogP contribution in [0.1, 0.15) is 28.5 Å². The molecular weight excluding hydrogens is 250 g/mol. The van der Waals surface area contributed by atoms with Gasteiger partial charge in [-0.3, -0.25) is 9.78 Å². The normalized spacial score (nSPS) is 9.85. The highest BCUT2D eigenvalue weighted by atomic mass is 16.2.